The van der Waals surface area contributed by atoms with E-state index in [-0.39, 0.29) is 18.3 Å². The zero-order chi connectivity index (χ0) is 23.6. The van der Waals surface area contributed by atoms with Crippen molar-refractivity contribution in [3.05, 3.63) is 46.5 Å². The summed E-state index contributed by atoms with van der Waals surface area (Å²) in [4.78, 5) is 12.7. The Kier molecular flexibility index (Phi) is 6.97. The summed E-state index contributed by atoms with van der Waals surface area (Å²) < 4.78 is 49.7. The van der Waals surface area contributed by atoms with E-state index in [1.54, 1.807) is 45.0 Å². The molecule has 0 saturated heterocycles. The van der Waals surface area contributed by atoms with E-state index in [0.29, 0.717) is 39.5 Å². The maximum absolute atomic E-state index is 13.1. The first-order valence-corrected chi connectivity index (χ1v) is 11.4. The number of hydrogen-bond donors (Lipinski definition) is 2. The fourth-order valence-electron chi connectivity index (χ4n) is 3.49. The number of aryl methyl sites for hydroxylation is 1. The topological polar surface area (TPSA) is 120 Å². The standard InChI is InChI=1S/C22H27NO8S/c1-12-8-18(28-5)13(2)14(3)21(12)32(26,27)23-20(15(4)24)22(25)29-10-16-6-7-17-19(9-16)31-11-30-17/h6-9,15,20,23-24H,10-11H2,1-5H3/t15-,20+/m0/s1. The second-order valence-corrected chi connectivity index (χ2v) is 9.26. The van der Waals surface area contributed by atoms with Crippen molar-refractivity contribution in [2.75, 3.05) is 13.9 Å². The smallest absolute Gasteiger partial charge is 0.327 e. The summed E-state index contributed by atoms with van der Waals surface area (Å²) in [6.07, 6.45) is -1.33. The average Bonchev–Trinajstić information content (AvgIpc) is 3.20. The Morgan fingerprint density at radius 1 is 1.16 bits per heavy atom. The lowest BCUT2D eigenvalue weighted by atomic mass is 10.1. The van der Waals surface area contributed by atoms with Gasteiger partial charge >= 0.3 is 5.97 Å². The normalized spacial score (nSPS) is 14.7. The highest BCUT2D eigenvalue weighted by molar-refractivity contribution is 7.89. The number of methoxy groups -OCH3 is 1. The molecule has 0 unspecified atom stereocenters. The van der Waals surface area contributed by atoms with E-state index >= 15 is 0 Å². The zero-order valence-corrected chi connectivity index (χ0v) is 19.4. The lowest BCUT2D eigenvalue weighted by Gasteiger charge is -2.22. The van der Waals surface area contributed by atoms with Crippen LogP contribution in [0, 0.1) is 20.8 Å². The van der Waals surface area contributed by atoms with Gasteiger partial charge in [-0.2, -0.15) is 4.72 Å². The van der Waals surface area contributed by atoms with Crippen LogP contribution in [-0.4, -0.2) is 45.5 Å². The first-order chi connectivity index (χ1) is 15.0. The lowest BCUT2D eigenvalue weighted by molar-refractivity contribution is -0.149. The molecule has 9 nitrogen and oxygen atoms in total. The number of carbonyl (C=O) groups excluding carboxylic acids is 1. The summed E-state index contributed by atoms with van der Waals surface area (Å²) in [7, 11) is -2.65. The molecule has 0 aliphatic carbocycles. The fourth-order valence-corrected chi connectivity index (χ4v) is 5.28. The summed E-state index contributed by atoms with van der Waals surface area (Å²) in [6, 6.07) is 5.19. The van der Waals surface area contributed by atoms with E-state index in [9.17, 15) is 18.3 Å². The van der Waals surface area contributed by atoms with Crippen molar-refractivity contribution in [1.82, 2.24) is 4.72 Å². The number of carbonyl (C=O) groups is 1. The molecule has 10 heteroatoms. The van der Waals surface area contributed by atoms with Gasteiger partial charge < -0.3 is 24.1 Å². The average molecular weight is 466 g/mol. The van der Waals surface area contributed by atoms with Crippen LogP contribution < -0.4 is 18.9 Å². The Morgan fingerprint density at radius 3 is 2.50 bits per heavy atom. The van der Waals surface area contributed by atoms with Crippen molar-refractivity contribution in [2.24, 2.45) is 0 Å². The maximum Gasteiger partial charge on any atom is 0.327 e. The molecular formula is C22H27NO8S. The minimum atomic E-state index is -4.15. The third kappa shape index (κ3) is 4.82. The number of esters is 1. The molecule has 2 aromatic carbocycles. The molecular weight excluding hydrogens is 438 g/mol. The quantitative estimate of drug-likeness (QED) is 0.569. The van der Waals surface area contributed by atoms with Crippen molar-refractivity contribution in [2.45, 2.75) is 51.3 Å². The Bertz CT molecular complexity index is 1130. The van der Waals surface area contributed by atoms with E-state index in [4.69, 9.17) is 18.9 Å². The summed E-state index contributed by atoms with van der Waals surface area (Å²) >= 11 is 0. The SMILES string of the molecule is COc1cc(C)c(S(=O)(=O)N[C@@H](C(=O)OCc2ccc3c(c2)OCO3)[C@H](C)O)c(C)c1C. The highest BCUT2D eigenvalue weighted by Crippen LogP contribution is 2.33. The molecule has 0 spiro atoms. The molecule has 2 N–H and O–H groups in total. The summed E-state index contributed by atoms with van der Waals surface area (Å²) in [6.45, 7) is 6.36. The molecule has 174 valence electrons. The first-order valence-electron chi connectivity index (χ1n) is 9.95. The third-order valence-corrected chi connectivity index (χ3v) is 7.03. The van der Waals surface area contributed by atoms with Crippen molar-refractivity contribution >= 4 is 16.0 Å². The van der Waals surface area contributed by atoms with Crippen LogP contribution in [0.1, 0.15) is 29.2 Å². The van der Waals surface area contributed by atoms with Crippen LogP contribution in [0.3, 0.4) is 0 Å². The predicted molar refractivity (Wildman–Crippen MR) is 115 cm³/mol. The second kappa shape index (κ2) is 9.35. The third-order valence-electron chi connectivity index (χ3n) is 5.30. The largest absolute Gasteiger partial charge is 0.496 e. The zero-order valence-electron chi connectivity index (χ0n) is 18.6. The number of hydrogen-bond acceptors (Lipinski definition) is 8. The molecule has 3 rings (SSSR count). The van der Waals surface area contributed by atoms with E-state index in [2.05, 4.69) is 4.72 Å². The minimum absolute atomic E-state index is 0.0324. The van der Waals surface area contributed by atoms with Gasteiger partial charge in [-0.05, 0) is 68.1 Å². The van der Waals surface area contributed by atoms with Crippen molar-refractivity contribution in [3.63, 3.8) is 0 Å². The van der Waals surface area contributed by atoms with Gasteiger partial charge in [0.2, 0.25) is 16.8 Å². The highest BCUT2D eigenvalue weighted by atomic mass is 32.2. The van der Waals surface area contributed by atoms with E-state index in [1.165, 1.54) is 14.0 Å². The van der Waals surface area contributed by atoms with Gasteiger partial charge in [-0.1, -0.05) is 6.07 Å². The van der Waals surface area contributed by atoms with Crippen LogP contribution in [0.5, 0.6) is 17.2 Å². The Morgan fingerprint density at radius 2 is 1.84 bits per heavy atom. The van der Waals surface area contributed by atoms with Gasteiger partial charge in [0.15, 0.2) is 11.5 Å². The van der Waals surface area contributed by atoms with Gasteiger partial charge in [-0.3, -0.25) is 4.79 Å². The van der Waals surface area contributed by atoms with Crippen LogP contribution in [-0.2, 0) is 26.2 Å². The number of ether oxygens (including phenoxy) is 4. The molecule has 1 heterocycles. The number of nitrogens with one attached hydrogen (secondary N) is 1. The number of benzene rings is 2. The molecule has 0 aromatic heterocycles. The van der Waals surface area contributed by atoms with Crippen molar-refractivity contribution in [1.29, 1.82) is 0 Å². The van der Waals surface area contributed by atoms with Crippen LogP contribution in [0.2, 0.25) is 0 Å². The molecule has 2 atom stereocenters. The number of fused-ring (bicyclic) bond motifs is 1. The van der Waals surface area contributed by atoms with Gasteiger partial charge in [0.25, 0.3) is 0 Å². The van der Waals surface area contributed by atoms with E-state index < -0.39 is 28.1 Å². The highest BCUT2D eigenvalue weighted by Gasteiger charge is 2.33. The first kappa shape index (κ1) is 23.8. The van der Waals surface area contributed by atoms with E-state index in [0.717, 1.165) is 0 Å². The van der Waals surface area contributed by atoms with E-state index in [1.807, 2.05) is 0 Å². The summed E-state index contributed by atoms with van der Waals surface area (Å²) in [5.74, 6) is 0.790. The minimum Gasteiger partial charge on any atom is -0.496 e. The Labute approximate surface area is 187 Å². The molecule has 0 radical (unpaired) electrons. The van der Waals surface area contributed by atoms with Crippen molar-refractivity contribution < 1.29 is 37.3 Å². The molecule has 2 aromatic rings. The van der Waals surface area contributed by atoms with Crippen LogP contribution >= 0.6 is 0 Å². The lowest BCUT2D eigenvalue weighted by Crippen LogP contribution is -2.48. The van der Waals surface area contributed by atoms with Gasteiger partial charge in [0, 0.05) is 0 Å². The fraction of sp³-hybridized carbons (Fsp3) is 0.409. The monoisotopic (exact) mass is 465 g/mol. The molecule has 0 amide bonds. The van der Waals surface area contributed by atoms with Gasteiger partial charge in [0.05, 0.1) is 18.1 Å². The molecule has 32 heavy (non-hydrogen) atoms. The molecule has 0 saturated carbocycles. The van der Waals surface area contributed by atoms with Crippen LogP contribution in [0.25, 0.3) is 0 Å². The van der Waals surface area contributed by atoms with Gasteiger partial charge in [-0.25, -0.2) is 8.42 Å². The van der Waals surface area contributed by atoms with Gasteiger partial charge in [0.1, 0.15) is 18.4 Å². The Hall–Kier alpha value is -2.82. The number of rotatable bonds is 8. The molecule has 0 bridgehead atoms. The molecule has 1 aliphatic heterocycles. The maximum atomic E-state index is 13.1. The predicted octanol–water partition coefficient (Wildman–Crippen LogP) is 2.12. The number of sulfonamides is 1. The van der Waals surface area contributed by atoms with Crippen molar-refractivity contribution in [3.8, 4) is 17.2 Å². The van der Waals surface area contributed by atoms with Crippen LogP contribution in [0.15, 0.2) is 29.2 Å². The Balaban J connectivity index is 1.78. The number of aliphatic hydroxyl groups excluding tert-OH is 1. The summed E-state index contributed by atoms with van der Waals surface area (Å²) in [5, 5.41) is 10.1. The molecule has 0 fully saturated rings. The number of aliphatic hydroxyl groups is 1. The second-order valence-electron chi connectivity index (χ2n) is 7.61. The van der Waals surface area contributed by atoms with Crippen LogP contribution in [0.4, 0.5) is 0 Å². The summed E-state index contributed by atoms with van der Waals surface area (Å²) in [5.41, 5.74) is 2.24. The van der Waals surface area contributed by atoms with Gasteiger partial charge in [-0.15, -0.1) is 0 Å². The molecule has 1 aliphatic rings.